The van der Waals surface area contributed by atoms with Gasteiger partial charge in [0, 0.05) is 58.5 Å². The van der Waals surface area contributed by atoms with Gasteiger partial charge in [-0.1, -0.05) is 0 Å². The van der Waals surface area contributed by atoms with Crippen molar-refractivity contribution < 1.29 is 8.78 Å². The average Bonchev–Trinajstić information content (AvgIpc) is 3.58. The summed E-state index contributed by atoms with van der Waals surface area (Å²) in [6, 6.07) is 3.56. The van der Waals surface area contributed by atoms with Crippen LogP contribution in [0.5, 0.6) is 0 Å². The van der Waals surface area contributed by atoms with E-state index in [0.717, 1.165) is 38.0 Å². The van der Waals surface area contributed by atoms with Crippen molar-refractivity contribution in [2.75, 3.05) is 48.9 Å². The Bertz CT molecular complexity index is 836. The van der Waals surface area contributed by atoms with E-state index < -0.39 is 6.43 Å². The highest BCUT2D eigenvalue weighted by atomic mass is 19.3. The molecule has 156 valence electrons. The summed E-state index contributed by atoms with van der Waals surface area (Å²) < 4.78 is 26.7. The second kappa shape index (κ2) is 8.04. The van der Waals surface area contributed by atoms with E-state index in [1.165, 1.54) is 6.07 Å². The van der Waals surface area contributed by atoms with Gasteiger partial charge in [-0.25, -0.2) is 23.7 Å². The predicted molar refractivity (Wildman–Crippen MR) is 109 cm³/mol. The standard InChI is InChI=1S/C20H27F2N7/c1-27(2)20-23-9-8-16(26-20)28(3)14-5-4-10-29(12-14)17-11-15(18(21)22)24-19(25-17)13-6-7-13/h8-9,11,13-14,18H,4-7,10,12H2,1-3H3. The summed E-state index contributed by atoms with van der Waals surface area (Å²) in [5.41, 5.74) is -0.168. The quantitative estimate of drug-likeness (QED) is 0.734. The van der Waals surface area contributed by atoms with Crippen molar-refractivity contribution in [1.82, 2.24) is 19.9 Å². The monoisotopic (exact) mass is 403 g/mol. The molecule has 0 amide bonds. The Morgan fingerprint density at radius 2 is 1.90 bits per heavy atom. The highest BCUT2D eigenvalue weighted by molar-refractivity contribution is 5.46. The fraction of sp³-hybridized carbons (Fsp3) is 0.600. The van der Waals surface area contributed by atoms with E-state index in [-0.39, 0.29) is 17.7 Å². The summed E-state index contributed by atoms with van der Waals surface area (Å²) in [6.07, 6.45) is 3.13. The highest BCUT2D eigenvalue weighted by Crippen LogP contribution is 2.39. The van der Waals surface area contributed by atoms with Crippen LogP contribution < -0.4 is 14.7 Å². The van der Waals surface area contributed by atoms with Crippen molar-refractivity contribution in [1.29, 1.82) is 0 Å². The maximum absolute atomic E-state index is 13.4. The molecule has 1 aliphatic carbocycles. The molecule has 2 aromatic heterocycles. The van der Waals surface area contributed by atoms with Crippen molar-refractivity contribution in [2.24, 2.45) is 0 Å². The molecular weight excluding hydrogens is 376 g/mol. The van der Waals surface area contributed by atoms with Crippen LogP contribution in [-0.2, 0) is 0 Å². The fourth-order valence-electron chi connectivity index (χ4n) is 3.69. The molecule has 2 fully saturated rings. The van der Waals surface area contributed by atoms with Crippen molar-refractivity contribution in [3.63, 3.8) is 0 Å². The van der Waals surface area contributed by atoms with Crippen LogP contribution in [0.15, 0.2) is 18.3 Å². The van der Waals surface area contributed by atoms with Gasteiger partial charge in [0.25, 0.3) is 6.43 Å². The maximum Gasteiger partial charge on any atom is 0.280 e. The third kappa shape index (κ3) is 4.38. The van der Waals surface area contributed by atoms with Gasteiger partial charge in [-0.3, -0.25) is 0 Å². The van der Waals surface area contributed by atoms with Gasteiger partial charge >= 0.3 is 0 Å². The van der Waals surface area contributed by atoms with Gasteiger partial charge in [-0.15, -0.1) is 0 Å². The molecule has 7 nitrogen and oxygen atoms in total. The molecule has 0 bridgehead atoms. The first-order valence-corrected chi connectivity index (χ1v) is 10.1. The number of aromatic nitrogens is 4. The van der Waals surface area contributed by atoms with Crippen molar-refractivity contribution >= 4 is 17.6 Å². The lowest BCUT2D eigenvalue weighted by molar-refractivity contribution is 0.145. The average molecular weight is 403 g/mol. The first-order chi connectivity index (χ1) is 13.9. The molecule has 1 unspecified atom stereocenters. The minimum absolute atomic E-state index is 0.168. The van der Waals surface area contributed by atoms with Gasteiger partial charge in [-0.05, 0) is 31.7 Å². The number of rotatable bonds is 6. The first-order valence-electron chi connectivity index (χ1n) is 10.1. The van der Waals surface area contributed by atoms with Gasteiger partial charge < -0.3 is 14.7 Å². The third-order valence-electron chi connectivity index (χ3n) is 5.57. The molecule has 1 aliphatic heterocycles. The molecular formula is C20H27F2N7. The molecule has 0 N–H and O–H groups in total. The molecule has 29 heavy (non-hydrogen) atoms. The molecule has 3 heterocycles. The van der Waals surface area contributed by atoms with Gasteiger partial charge in [-0.2, -0.15) is 4.98 Å². The lowest BCUT2D eigenvalue weighted by Gasteiger charge is -2.39. The number of anilines is 3. The Kier molecular flexibility index (Phi) is 5.47. The Morgan fingerprint density at radius 1 is 1.10 bits per heavy atom. The largest absolute Gasteiger partial charge is 0.355 e. The third-order valence-corrected chi connectivity index (χ3v) is 5.57. The lowest BCUT2D eigenvalue weighted by Crippen LogP contribution is -2.47. The zero-order valence-corrected chi connectivity index (χ0v) is 17.1. The van der Waals surface area contributed by atoms with Crippen LogP contribution in [0.4, 0.5) is 26.4 Å². The lowest BCUT2D eigenvalue weighted by atomic mass is 10.0. The van der Waals surface area contributed by atoms with E-state index in [0.29, 0.717) is 24.1 Å². The Hall–Kier alpha value is -2.58. The van der Waals surface area contributed by atoms with Gasteiger partial charge in [0.1, 0.15) is 23.2 Å². The van der Waals surface area contributed by atoms with Crippen LogP contribution in [0.2, 0.25) is 0 Å². The van der Waals surface area contributed by atoms with Crippen LogP contribution in [0.3, 0.4) is 0 Å². The van der Waals surface area contributed by atoms with E-state index >= 15 is 0 Å². The molecule has 0 aromatic carbocycles. The number of likely N-dealkylation sites (N-methyl/N-ethyl adjacent to an activating group) is 1. The molecule has 2 aromatic rings. The number of piperidine rings is 1. The van der Waals surface area contributed by atoms with E-state index in [4.69, 9.17) is 0 Å². The van der Waals surface area contributed by atoms with Crippen LogP contribution in [0, 0.1) is 0 Å². The van der Waals surface area contributed by atoms with Crippen molar-refractivity contribution in [3.05, 3.63) is 29.8 Å². The van der Waals surface area contributed by atoms with Crippen LogP contribution in [-0.4, -0.2) is 60.2 Å². The van der Waals surface area contributed by atoms with Crippen LogP contribution >= 0.6 is 0 Å². The number of nitrogens with zero attached hydrogens (tertiary/aromatic N) is 7. The van der Waals surface area contributed by atoms with E-state index in [1.54, 1.807) is 6.20 Å². The summed E-state index contributed by atoms with van der Waals surface area (Å²) in [4.78, 5) is 23.8. The molecule has 1 saturated heterocycles. The van der Waals surface area contributed by atoms with E-state index in [9.17, 15) is 8.78 Å². The van der Waals surface area contributed by atoms with Crippen LogP contribution in [0.25, 0.3) is 0 Å². The van der Waals surface area contributed by atoms with Crippen molar-refractivity contribution in [2.45, 2.75) is 44.1 Å². The van der Waals surface area contributed by atoms with Gasteiger partial charge in [0.2, 0.25) is 5.95 Å². The second-order valence-corrected chi connectivity index (χ2v) is 8.05. The topological polar surface area (TPSA) is 61.3 Å². The molecule has 1 saturated carbocycles. The summed E-state index contributed by atoms with van der Waals surface area (Å²) in [5.74, 6) is 2.94. The number of alkyl halides is 2. The smallest absolute Gasteiger partial charge is 0.280 e. The van der Waals surface area contributed by atoms with E-state index in [2.05, 4.69) is 29.7 Å². The number of hydrogen-bond donors (Lipinski definition) is 0. The molecule has 0 spiro atoms. The SMILES string of the molecule is CN(C)c1nccc(N(C)C2CCCN(c3cc(C(F)F)nc(C4CC4)n3)C2)n1. The summed E-state index contributed by atoms with van der Waals surface area (Å²) in [6.45, 7) is 1.52. The van der Waals surface area contributed by atoms with E-state index in [1.807, 2.05) is 32.1 Å². The Morgan fingerprint density at radius 3 is 2.59 bits per heavy atom. The van der Waals surface area contributed by atoms with Gasteiger partial charge in [0.05, 0.1) is 0 Å². The minimum atomic E-state index is -2.58. The summed E-state index contributed by atoms with van der Waals surface area (Å²) in [5, 5.41) is 0. The highest BCUT2D eigenvalue weighted by Gasteiger charge is 2.31. The molecule has 9 heteroatoms. The predicted octanol–water partition coefficient (Wildman–Crippen LogP) is 3.25. The minimum Gasteiger partial charge on any atom is -0.355 e. The summed E-state index contributed by atoms with van der Waals surface area (Å²) in [7, 11) is 5.85. The molecule has 1 atom stereocenters. The number of hydrogen-bond acceptors (Lipinski definition) is 7. The Balaban J connectivity index is 1.54. The number of halogens is 2. The fourth-order valence-corrected chi connectivity index (χ4v) is 3.69. The maximum atomic E-state index is 13.4. The van der Waals surface area contributed by atoms with Crippen LogP contribution in [0.1, 0.15) is 49.5 Å². The normalized spacial score (nSPS) is 19.5. The second-order valence-electron chi connectivity index (χ2n) is 8.05. The first kappa shape index (κ1) is 19.7. The summed E-state index contributed by atoms with van der Waals surface area (Å²) >= 11 is 0. The van der Waals surface area contributed by atoms with Crippen molar-refractivity contribution in [3.8, 4) is 0 Å². The zero-order valence-electron chi connectivity index (χ0n) is 17.1. The molecule has 4 rings (SSSR count). The Labute approximate surface area is 169 Å². The zero-order chi connectivity index (χ0) is 20.5. The molecule has 0 radical (unpaired) electrons. The van der Waals surface area contributed by atoms with Gasteiger partial charge in [0.15, 0.2) is 0 Å². The molecule has 2 aliphatic rings.